The normalized spacial score (nSPS) is 12.5. The van der Waals surface area contributed by atoms with Crippen LogP contribution in [0.5, 0.6) is 0 Å². The highest BCUT2D eigenvalue weighted by Gasteiger charge is 2.32. The van der Waals surface area contributed by atoms with Crippen LogP contribution in [0.1, 0.15) is 50.7 Å². The van der Waals surface area contributed by atoms with Crippen LogP contribution in [0.3, 0.4) is 0 Å². The molecule has 0 saturated carbocycles. The number of hydrogen-bond acceptors (Lipinski definition) is 6. The summed E-state index contributed by atoms with van der Waals surface area (Å²) in [6, 6.07) is 20.6. The lowest BCUT2D eigenvalue weighted by Crippen LogP contribution is -2.00. The fourth-order valence-electron chi connectivity index (χ4n) is 7.31. The van der Waals surface area contributed by atoms with E-state index in [1.54, 1.807) is 0 Å². The highest BCUT2D eigenvalue weighted by Crippen LogP contribution is 2.49. The van der Waals surface area contributed by atoms with Crippen LogP contribution in [0.15, 0.2) is 85.5 Å². The highest BCUT2D eigenvalue weighted by molar-refractivity contribution is 14.1. The minimum atomic E-state index is 0.776. The van der Waals surface area contributed by atoms with Gasteiger partial charge in [0.1, 0.15) is 0 Å². The average molecular weight is 1180 g/mol. The fourth-order valence-corrected chi connectivity index (χ4v) is 11.3. The summed E-state index contributed by atoms with van der Waals surface area (Å²) in [5.41, 5.74) is 18.1. The van der Waals surface area contributed by atoms with E-state index >= 15 is 0 Å². The van der Waals surface area contributed by atoms with Crippen LogP contribution < -0.4 is 0 Å². The highest BCUT2D eigenvalue weighted by atomic mass is 127. The number of rotatable bonds is 4. The number of H-pyrrole nitrogens is 2. The topological polar surface area (TPSA) is 109 Å². The maximum atomic E-state index is 5.68. The number of aryl methyl sites for hydroxylation is 4. The van der Waals surface area contributed by atoms with E-state index < -0.39 is 0 Å². The van der Waals surface area contributed by atoms with Crippen molar-refractivity contribution in [2.24, 2.45) is 0 Å². The Morgan fingerprint density at radius 1 is 0.446 bits per heavy atom. The molecular weight excluding hydrogens is 1150 g/mol. The molecule has 0 atom stereocenters. The van der Waals surface area contributed by atoms with Gasteiger partial charge < -0.3 is 9.97 Å². The number of nitrogens with zero attached hydrogens (tertiary/aromatic N) is 6. The molecule has 0 spiro atoms. The van der Waals surface area contributed by atoms with Gasteiger partial charge in [0.15, 0.2) is 0 Å². The molecule has 9 rings (SSSR count). The predicted octanol–water partition coefficient (Wildman–Crippen LogP) is 12.5. The number of nitrogens with one attached hydrogen (secondary N) is 2. The summed E-state index contributed by atoms with van der Waals surface area (Å²) in [6.07, 6.45) is 11.5. The van der Waals surface area contributed by atoms with E-state index in [0.29, 0.717) is 0 Å². The summed E-state index contributed by atoms with van der Waals surface area (Å²) in [5.74, 6) is 0. The molecule has 12 heteroatoms. The van der Waals surface area contributed by atoms with E-state index in [1.807, 2.05) is 49.1 Å². The molecule has 9 heterocycles. The first kappa shape index (κ1) is 37.7. The third-order valence-corrected chi connectivity index (χ3v) is 15.3. The number of aromatic nitrogens is 8. The molecule has 56 heavy (non-hydrogen) atoms. The number of pyridine rings is 4. The maximum absolute atomic E-state index is 5.68. The summed E-state index contributed by atoms with van der Waals surface area (Å²) in [5, 5.41) is 0. The van der Waals surface area contributed by atoms with Gasteiger partial charge in [-0.05, 0) is 189 Å². The van der Waals surface area contributed by atoms with Gasteiger partial charge in [-0.3, -0.25) is 19.9 Å². The Morgan fingerprint density at radius 2 is 0.929 bits per heavy atom. The first-order chi connectivity index (χ1) is 27.1. The molecule has 0 amide bonds. The molecule has 8 bridgehead atoms. The standard InChI is InChI=1S/C44H30I4N8/c1-21-9-5-15-49-37(21)29-27-19-25-13-14-26(53-25)20-28-33(45)35(47)44(55-28)36(48)43-34(46)31(39-23(3)11-7-17-51-39)42(56-43)32(40-24(4)12-8-18-52-40)41(54-27)30(29)38-22(2)10-6-16-50-38/h5-20,54-55H,1-4H3. The molecule has 0 aromatic carbocycles. The van der Waals surface area contributed by atoms with Gasteiger partial charge in [-0.2, -0.15) is 0 Å². The zero-order valence-electron chi connectivity index (χ0n) is 30.4. The van der Waals surface area contributed by atoms with E-state index in [4.69, 9.17) is 29.9 Å². The van der Waals surface area contributed by atoms with E-state index in [-0.39, 0.29) is 0 Å². The molecule has 7 aromatic rings. The van der Waals surface area contributed by atoms with Gasteiger partial charge in [0.2, 0.25) is 0 Å². The Labute approximate surface area is 377 Å². The van der Waals surface area contributed by atoms with Crippen molar-refractivity contribution in [2.45, 2.75) is 27.7 Å². The van der Waals surface area contributed by atoms with Crippen LogP contribution in [0.4, 0.5) is 0 Å². The second-order valence-corrected chi connectivity index (χ2v) is 18.0. The van der Waals surface area contributed by atoms with Crippen molar-refractivity contribution in [3.8, 4) is 33.8 Å². The van der Waals surface area contributed by atoms with E-state index in [0.717, 1.165) is 126 Å². The smallest absolute Gasteiger partial charge is 0.0933 e. The van der Waals surface area contributed by atoms with Gasteiger partial charge in [0.25, 0.3) is 0 Å². The SMILES string of the molecule is Cc1cccnc1C1=C(I)c2nc1c(-c1ncccc1C)c1[nH]c(cc3nc(cc4[nH]c(c2I)c(I)c4I)C=C3)c(-c2ncccc2C)c1-c1ncccc1C. The second-order valence-electron chi connectivity index (χ2n) is 13.7. The second kappa shape index (κ2) is 15.1. The van der Waals surface area contributed by atoms with Gasteiger partial charge in [-0.1, -0.05) is 24.3 Å². The molecule has 2 aliphatic rings. The summed E-state index contributed by atoms with van der Waals surface area (Å²) in [7, 11) is 0. The van der Waals surface area contributed by atoms with Crippen LogP contribution in [0.25, 0.3) is 77.1 Å². The first-order valence-electron chi connectivity index (χ1n) is 17.7. The van der Waals surface area contributed by atoms with Crippen molar-refractivity contribution in [1.82, 2.24) is 39.9 Å². The van der Waals surface area contributed by atoms with Crippen LogP contribution >= 0.6 is 90.4 Å². The van der Waals surface area contributed by atoms with Crippen molar-refractivity contribution >= 4 is 134 Å². The Bertz CT molecular complexity index is 3030. The molecule has 274 valence electrons. The first-order valence-corrected chi connectivity index (χ1v) is 22.0. The number of aromatic amines is 2. The summed E-state index contributed by atoms with van der Waals surface area (Å²) in [4.78, 5) is 38.8. The molecule has 0 fully saturated rings. The van der Waals surface area contributed by atoms with E-state index in [2.05, 4.69) is 177 Å². The maximum Gasteiger partial charge on any atom is 0.0933 e. The minimum Gasteiger partial charge on any atom is -0.354 e. The lowest BCUT2D eigenvalue weighted by Gasteiger charge is -2.14. The lowest BCUT2D eigenvalue weighted by molar-refractivity contribution is 1.20. The van der Waals surface area contributed by atoms with Gasteiger partial charge in [-0.15, -0.1) is 0 Å². The Hall–Kier alpha value is -3.88. The van der Waals surface area contributed by atoms with Crippen molar-refractivity contribution < 1.29 is 0 Å². The van der Waals surface area contributed by atoms with Crippen molar-refractivity contribution in [3.05, 3.63) is 147 Å². The van der Waals surface area contributed by atoms with Gasteiger partial charge >= 0.3 is 0 Å². The van der Waals surface area contributed by atoms with Crippen molar-refractivity contribution in [3.63, 3.8) is 0 Å². The molecule has 0 aliphatic carbocycles. The van der Waals surface area contributed by atoms with E-state index in [9.17, 15) is 0 Å². The summed E-state index contributed by atoms with van der Waals surface area (Å²) < 4.78 is 4.25. The molecule has 0 radical (unpaired) electrons. The van der Waals surface area contributed by atoms with Crippen molar-refractivity contribution in [1.29, 1.82) is 0 Å². The van der Waals surface area contributed by atoms with Crippen LogP contribution in [-0.2, 0) is 0 Å². The third kappa shape index (κ3) is 6.43. The van der Waals surface area contributed by atoms with E-state index in [1.165, 1.54) is 0 Å². The number of fused-ring (bicyclic) bond motifs is 8. The predicted molar refractivity (Wildman–Crippen MR) is 261 cm³/mol. The number of hydrogen-bond donors (Lipinski definition) is 2. The van der Waals surface area contributed by atoms with Gasteiger partial charge in [0.05, 0.1) is 87.5 Å². The summed E-state index contributed by atoms with van der Waals surface area (Å²) in [6.45, 7) is 8.42. The van der Waals surface area contributed by atoms with Crippen molar-refractivity contribution in [2.75, 3.05) is 0 Å². The van der Waals surface area contributed by atoms with Crippen LogP contribution in [0, 0.1) is 38.4 Å². The zero-order valence-corrected chi connectivity index (χ0v) is 39.1. The van der Waals surface area contributed by atoms with Gasteiger partial charge in [-0.25, -0.2) is 9.97 Å². The molecule has 7 aromatic heterocycles. The van der Waals surface area contributed by atoms with Crippen LogP contribution in [0.2, 0.25) is 0 Å². The zero-order chi connectivity index (χ0) is 38.8. The molecule has 0 unspecified atom stereocenters. The molecule has 2 N–H and O–H groups in total. The number of halogens is 4. The van der Waals surface area contributed by atoms with Crippen LogP contribution in [-0.4, -0.2) is 39.9 Å². The monoisotopic (exact) mass is 1180 g/mol. The quantitative estimate of drug-likeness (QED) is 0.170. The molecule has 0 saturated heterocycles. The average Bonchev–Trinajstić information content (AvgIpc) is 3.94. The minimum absolute atomic E-state index is 0.776. The molecular formula is C44H30I4N8. The Balaban J connectivity index is 1.63. The summed E-state index contributed by atoms with van der Waals surface area (Å²) >= 11 is 9.80. The molecule has 8 nitrogen and oxygen atoms in total. The molecule has 2 aliphatic heterocycles. The fraction of sp³-hybridized carbons (Fsp3) is 0.0909. The lowest BCUT2D eigenvalue weighted by atomic mass is 9.92. The van der Waals surface area contributed by atoms with Gasteiger partial charge in [0, 0.05) is 41.5 Å². The Morgan fingerprint density at radius 3 is 1.48 bits per heavy atom. The Kier molecular flexibility index (Phi) is 10.2. The largest absolute Gasteiger partial charge is 0.354 e. The third-order valence-electron chi connectivity index (χ3n) is 9.99.